The third-order valence-electron chi connectivity index (χ3n) is 4.01. The normalized spacial score (nSPS) is 10.8. The van der Waals surface area contributed by atoms with Gasteiger partial charge < -0.3 is 15.4 Å². The van der Waals surface area contributed by atoms with Crippen molar-refractivity contribution in [3.05, 3.63) is 59.7 Å². The molecule has 0 radical (unpaired) electrons. The molecule has 10 heteroatoms. The van der Waals surface area contributed by atoms with Gasteiger partial charge >= 0.3 is 5.97 Å². The second-order valence-electron chi connectivity index (χ2n) is 6.30. The van der Waals surface area contributed by atoms with Crippen LogP contribution < -0.4 is 14.9 Å². The molecule has 0 saturated heterocycles. The van der Waals surface area contributed by atoms with Gasteiger partial charge in [-0.1, -0.05) is 6.07 Å². The third-order valence-corrected chi connectivity index (χ3v) is 5.15. The van der Waals surface area contributed by atoms with E-state index in [1.807, 2.05) is 0 Å². The molecule has 2 N–H and O–H groups in total. The molecule has 0 aliphatic rings. The second kappa shape index (κ2) is 9.88. The number of methoxy groups -OCH3 is 1. The minimum atomic E-state index is -3.78. The predicted molar refractivity (Wildman–Crippen MR) is 113 cm³/mol. The lowest BCUT2D eigenvalue weighted by Crippen LogP contribution is -2.37. The maximum Gasteiger partial charge on any atom is 0.337 e. The highest BCUT2D eigenvalue weighted by Gasteiger charge is 2.21. The van der Waals surface area contributed by atoms with Gasteiger partial charge in [0.1, 0.15) is 6.54 Å². The van der Waals surface area contributed by atoms with Crippen LogP contribution in [0.15, 0.2) is 48.5 Å². The van der Waals surface area contributed by atoms with E-state index in [4.69, 9.17) is 0 Å². The highest BCUT2D eigenvalue weighted by atomic mass is 32.2. The van der Waals surface area contributed by atoms with Gasteiger partial charge in [-0.25, -0.2) is 13.2 Å². The van der Waals surface area contributed by atoms with E-state index < -0.39 is 28.4 Å². The minimum Gasteiger partial charge on any atom is -0.465 e. The molecule has 30 heavy (non-hydrogen) atoms. The molecule has 0 unspecified atom stereocenters. The standard InChI is InChI=1S/C20H23N3O6S/c1-4-21-19(25)15-6-5-7-16(12-15)22-18(24)13-23(30(3,27)28)17-10-8-14(9-11-17)20(26)29-2/h5-12H,4,13H2,1-3H3,(H,21,25)(H,22,24). The average molecular weight is 433 g/mol. The molecule has 160 valence electrons. The summed E-state index contributed by atoms with van der Waals surface area (Å²) in [4.78, 5) is 36.0. The number of amides is 2. The van der Waals surface area contributed by atoms with Crippen molar-refractivity contribution in [2.24, 2.45) is 0 Å². The van der Waals surface area contributed by atoms with Crippen LogP contribution in [-0.4, -0.2) is 52.7 Å². The first-order valence-electron chi connectivity index (χ1n) is 9.00. The fourth-order valence-corrected chi connectivity index (χ4v) is 3.47. The van der Waals surface area contributed by atoms with E-state index in [2.05, 4.69) is 15.4 Å². The van der Waals surface area contributed by atoms with E-state index in [9.17, 15) is 22.8 Å². The van der Waals surface area contributed by atoms with Crippen LogP contribution in [0.25, 0.3) is 0 Å². The molecule has 0 bridgehead atoms. The van der Waals surface area contributed by atoms with Crippen molar-refractivity contribution in [2.75, 3.05) is 36.1 Å². The average Bonchev–Trinajstić information content (AvgIpc) is 2.71. The Morgan fingerprint density at radius 1 is 1.03 bits per heavy atom. The van der Waals surface area contributed by atoms with E-state index in [1.165, 1.54) is 37.4 Å². The molecule has 0 aliphatic carbocycles. The van der Waals surface area contributed by atoms with Crippen molar-refractivity contribution < 1.29 is 27.5 Å². The van der Waals surface area contributed by atoms with Gasteiger partial charge in [-0.2, -0.15) is 0 Å². The Labute approximate surface area is 175 Å². The van der Waals surface area contributed by atoms with Gasteiger partial charge in [0.05, 0.1) is 24.6 Å². The van der Waals surface area contributed by atoms with Crippen molar-refractivity contribution in [3.63, 3.8) is 0 Å². The SMILES string of the molecule is CCNC(=O)c1cccc(NC(=O)CN(c2ccc(C(=O)OC)cc2)S(C)(=O)=O)c1. The molecule has 0 heterocycles. The van der Waals surface area contributed by atoms with E-state index in [0.29, 0.717) is 17.8 Å². The molecule has 0 aromatic heterocycles. The Hall–Kier alpha value is -3.40. The van der Waals surface area contributed by atoms with Crippen LogP contribution in [0, 0.1) is 0 Å². The Balaban J connectivity index is 2.18. The number of hydrogen-bond donors (Lipinski definition) is 2. The number of benzene rings is 2. The number of hydrogen-bond acceptors (Lipinski definition) is 6. The maximum atomic E-state index is 12.5. The van der Waals surface area contributed by atoms with Gasteiger partial charge in [0, 0.05) is 17.8 Å². The Bertz CT molecular complexity index is 1030. The topological polar surface area (TPSA) is 122 Å². The molecule has 9 nitrogen and oxygen atoms in total. The summed E-state index contributed by atoms with van der Waals surface area (Å²) in [5.74, 6) is -1.43. The quantitative estimate of drug-likeness (QED) is 0.610. The van der Waals surface area contributed by atoms with E-state index in [-0.39, 0.29) is 17.2 Å². The summed E-state index contributed by atoms with van der Waals surface area (Å²) in [5, 5.41) is 5.25. The molecule has 0 saturated carbocycles. The van der Waals surface area contributed by atoms with Crippen LogP contribution >= 0.6 is 0 Å². The van der Waals surface area contributed by atoms with Crippen LogP contribution in [-0.2, 0) is 19.6 Å². The Kier molecular flexibility index (Phi) is 7.54. The lowest BCUT2D eigenvalue weighted by molar-refractivity contribution is -0.114. The summed E-state index contributed by atoms with van der Waals surface area (Å²) in [6.07, 6.45) is 0.976. The molecule has 2 aromatic rings. The first kappa shape index (κ1) is 22.9. The number of carbonyl (C=O) groups is 3. The fraction of sp³-hybridized carbons (Fsp3) is 0.250. The smallest absolute Gasteiger partial charge is 0.337 e. The highest BCUT2D eigenvalue weighted by molar-refractivity contribution is 7.92. The number of esters is 1. The van der Waals surface area contributed by atoms with Crippen LogP contribution in [0.5, 0.6) is 0 Å². The lowest BCUT2D eigenvalue weighted by atomic mass is 10.2. The lowest BCUT2D eigenvalue weighted by Gasteiger charge is -2.22. The summed E-state index contributed by atoms with van der Waals surface area (Å²) in [5.41, 5.74) is 1.20. The van der Waals surface area contributed by atoms with E-state index in [1.54, 1.807) is 25.1 Å². The predicted octanol–water partition coefficient (Wildman–Crippen LogP) is 1.63. The number of sulfonamides is 1. The van der Waals surface area contributed by atoms with Crippen molar-refractivity contribution in [1.29, 1.82) is 0 Å². The van der Waals surface area contributed by atoms with E-state index in [0.717, 1.165) is 10.6 Å². The van der Waals surface area contributed by atoms with Crippen molar-refractivity contribution in [3.8, 4) is 0 Å². The minimum absolute atomic E-state index is 0.219. The van der Waals surface area contributed by atoms with Gasteiger partial charge in [0.25, 0.3) is 5.91 Å². The molecule has 2 rings (SSSR count). The van der Waals surface area contributed by atoms with Crippen molar-refractivity contribution in [1.82, 2.24) is 5.32 Å². The first-order chi connectivity index (χ1) is 14.2. The van der Waals surface area contributed by atoms with Gasteiger partial charge in [-0.15, -0.1) is 0 Å². The van der Waals surface area contributed by atoms with Gasteiger partial charge in [0.2, 0.25) is 15.9 Å². The number of ether oxygens (including phenoxy) is 1. The summed E-state index contributed by atoms with van der Waals surface area (Å²) in [6, 6.07) is 12.0. The molecule has 2 aromatic carbocycles. The van der Waals surface area contributed by atoms with Crippen molar-refractivity contribution >= 4 is 39.2 Å². The molecule has 0 fully saturated rings. The number of carbonyl (C=O) groups excluding carboxylic acids is 3. The monoisotopic (exact) mass is 433 g/mol. The molecular weight excluding hydrogens is 410 g/mol. The van der Waals surface area contributed by atoms with Gasteiger partial charge in [-0.05, 0) is 49.4 Å². The van der Waals surface area contributed by atoms with Crippen LogP contribution in [0.4, 0.5) is 11.4 Å². The molecular formula is C20H23N3O6S. The maximum absolute atomic E-state index is 12.5. The fourth-order valence-electron chi connectivity index (χ4n) is 2.61. The van der Waals surface area contributed by atoms with E-state index >= 15 is 0 Å². The summed E-state index contributed by atoms with van der Waals surface area (Å²) in [6.45, 7) is 1.77. The number of rotatable bonds is 8. The van der Waals surface area contributed by atoms with Crippen LogP contribution in [0.3, 0.4) is 0 Å². The molecule has 0 aliphatic heterocycles. The van der Waals surface area contributed by atoms with Crippen molar-refractivity contribution in [2.45, 2.75) is 6.92 Å². The number of nitrogens with zero attached hydrogens (tertiary/aromatic N) is 1. The molecule has 0 spiro atoms. The van der Waals surface area contributed by atoms with Gasteiger partial charge in [-0.3, -0.25) is 13.9 Å². The first-order valence-corrected chi connectivity index (χ1v) is 10.8. The van der Waals surface area contributed by atoms with Crippen LogP contribution in [0.2, 0.25) is 0 Å². The van der Waals surface area contributed by atoms with Gasteiger partial charge in [0.15, 0.2) is 0 Å². The summed E-state index contributed by atoms with van der Waals surface area (Å²) >= 11 is 0. The molecule has 2 amide bonds. The molecule has 0 atom stereocenters. The van der Waals surface area contributed by atoms with Crippen LogP contribution in [0.1, 0.15) is 27.6 Å². The summed E-state index contributed by atoms with van der Waals surface area (Å²) < 4.78 is 29.9. The zero-order valence-electron chi connectivity index (χ0n) is 16.8. The Morgan fingerprint density at radius 3 is 2.27 bits per heavy atom. The zero-order chi connectivity index (χ0) is 22.3. The third kappa shape index (κ3) is 6.05. The number of nitrogens with one attached hydrogen (secondary N) is 2. The zero-order valence-corrected chi connectivity index (χ0v) is 17.7. The number of anilines is 2. The largest absolute Gasteiger partial charge is 0.465 e. The second-order valence-corrected chi connectivity index (χ2v) is 8.20. The highest BCUT2D eigenvalue weighted by Crippen LogP contribution is 2.19. The Morgan fingerprint density at radius 2 is 1.70 bits per heavy atom. The summed E-state index contributed by atoms with van der Waals surface area (Å²) in [7, 11) is -2.54.